The van der Waals surface area contributed by atoms with E-state index in [9.17, 15) is 14.4 Å². The van der Waals surface area contributed by atoms with Gasteiger partial charge in [0, 0.05) is 12.1 Å². The van der Waals surface area contributed by atoms with Gasteiger partial charge < -0.3 is 24.8 Å². The largest absolute Gasteiger partial charge is 0.493 e. The number of nitrogens with one attached hydrogen (secondary N) is 2. The van der Waals surface area contributed by atoms with Crippen molar-refractivity contribution in [3.63, 3.8) is 0 Å². The molecule has 0 fully saturated rings. The van der Waals surface area contributed by atoms with Crippen LogP contribution in [0.2, 0.25) is 0 Å². The summed E-state index contributed by atoms with van der Waals surface area (Å²) < 4.78 is 15.7. The van der Waals surface area contributed by atoms with Crippen LogP contribution in [0.25, 0.3) is 0 Å². The minimum absolute atomic E-state index is 0.159. The standard InChI is InChI=1S/C27H28N2O6/c1-18-7-6-8-20(15-18)26(31)29-22-10-5-4-9-21(22)27(32)35-17-25(30)28-14-13-19-11-12-23(33-2)24(16-19)34-3/h4-12,15-16H,13-14,17H2,1-3H3,(H,28,30)(H,29,31). The van der Waals surface area contributed by atoms with Crippen molar-refractivity contribution < 1.29 is 28.6 Å². The lowest BCUT2D eigenvalue weighted by molar-refractivity contribution is -0.124. The van der Waals surface area contributed by atoms with Gasteiger partial charge in [-0.15, -0.1) is 0 Å². The van der Waals surface area contributed by atoms with Crippen LogP contribution in [0.3, 0.4) is 0 Å². The summed E-state index contributed by atoms with van der Waals surface area (Å²) in [7, 11) is 3.12. The van der Waals surface area contributed by atoms with Gasteiger partial charge in [-0.3, -0.25) is 9.59 Å². The predicted octanol–water partition coefficient (Wildman–Crippen LogP) is 3.78. The first kappa shape index (κ1) is 25.3. The number of benzene rings is 3. The molecular weight excluding hydrogens is 448 g/mol. The number of hydrogen-bond acceptors (Lipinski definition) is 6. The van der Waals surface area contributed by atoms with E-state index in [2.05, 4.69) is 10.6 Å². The van der Waals surface area contributed by atoms with Crippen LogP contribution in [0.1, 0.15) is 31.8 Å². The number of rotatable bonds is 10. The highest BCUT2D eigenvalue weighted by Gasteiger charge is 2.16. The molecule has 0 saturated heterocycles. The van der Waals surface area contributed by atoms with Crippen molar-refractivity contribution in [3.05, 3.63) is 89.0 Å². The number of hydrogen-bond donors (Lipinski definition) is 2. The molecule has 0 atom stereocenters. The summed E-state index contributed by atoms with van der Waals surface area (Å²) in [5.74, 6) is -0.247. The quantitative estimate of drug-likeness (QED) is 0.432. The highest BCUT2D eigenvalue weighted by atomic mass is 16.5. The Morgan fingerprint density at radius 3 is 2.37 bits per heavy atom. The van der Waals surface area contributed by atoms with Crippen LogP contribution in [0.15, 0.2) is 66.7 Å². The SMILES string of the molecule is COc1ccc(CCNC(=O)COC(=O)c2ccccc2NC(=O)c2cccc(C)c2)cc1OC. The Bertz CT molecular complexity index is 1210. The van der Waals surface area contributed by atoms with E-state index in [0.717, 1.165) is 11.1 Å². The van der Waals surface area contributed by atoms with Crippen LogP contribution < -0.4 is 20.1 Å². The summed E-state index contributed by atoms with van der Waals surface area (Å²) in [5.41, 5.74) is 2.84. The van der Waals surface area contributed by atoms with Gasteiger partial charge in [0.05, 0.1) is 25.5 Å². The molecule has 3 aromatic carbocycles. The van der Waals surface area contributed by atoms with E-state index in [1.54, 1.807) is 56.7 Å². The van der Waals surface area contributed by atoms with Crippen molar-refractivity contribution >= 4 is 23.5 Å². The maximum atomic E-state index is 12.6. The van der Waals surface area contributed by atoms with Crippen molar-refractivity contribution in [2.24, 2.45) is 0 Å². The summed E-state index contributed by atoms with van der Waals surface area (Å²) in [4.78, 5) is 37.3. The van der Waals surface area contributed by atoms with Gasteiger partial charge in [0.2, 0.25) is 0 Å². The second-order valence-electron chi connectivity index (χ2n) is 7.73. The molecule has 0 spiro atoms. The van der Waals surface area contributed by atoms with E-state index in [0.29, 0.717) is 35.7 Å². The highest BCUT2D eigenvalue weighted by Crippen LogP contribution is 2.27. The molecule has 35 heavy (non-hydrogen) atoms. The molecule has 0 radical (unpaired) electrons. The van der Waals surface area contributed by atoms with Crippen LogP contribution in [0.4, 0.5) is 5.69 Å². The lowest BCUT2D eigenvalue weighted by Crippen LogP contribution is -2.30. The number of aryl methyl sites for hydroxylation is 1. The summed E-state index contributed by atoms with van der Waals surface area (Å²) in [6, 6.07) is 19.1. The summed E-state index contributed by atoms with van der Waals surface area (Å²) in [6.45, 7) is 1.81. The summed E-state index contributed by atoms with van der Waals surface area (Å²) >= 11 is 0. The molecule has 0 heterocycles. The van der Waals surface area contributed by atoms with Crippen molar-refractivity contribution in [3.8, 4) is 11.5 Å². The van der Waals surface area contributed by atoms with Crippen LogP contribution in [0, 0.1) is 6.92 Å². The fourth-order valence-corrected chi connectivity index (χ4v) is 3.39. The fraction of sp³-hybridized carbons (Fsp3) is 0.222. The van der Waals surface area contributed by atoms with Gasteiger partial charge in [0.1, 0.15) is 0 Å². The van der Waals surface area contributed by atoms with Crippen molar-refractivity contribution in [1.82, 2.24) is 5.32 Å². The lowest BCUT2D eigenvalue weighted by atomic mass is 10.1. The molecular formula is C27H28N2O6. The normalized spacial score (nSPS) is 10.3. The molecule has 0 saturated carbocycles. The number of ether oxygens (including phenoxy) is 3. The van der Waals surface area contributed by atoms with Crippen LogP contribution in [-0.2, 0) is 16.0 Å². The minimum atomic E-state index is -0.708. The monoisotopic (exact) mass is 476 g/mol. The summed E-state index contributed by atoms with van der Waals surface area (Å²) in [6.07, 6.45) is 0.563. The molecule has 8 heteroatoms. The Morgan fingerprint density at radius 1 is 0.857 bits per heavy atom. The van der Waals surface area contributed by atoms with Gasteiger partial charge in [0.25, 0.3) is 11.8 Å². The number of para-hydroxylation sites is 1. The molecule has 0 aliphatic rings. The van der Waals surface area contributed by atoms with E-state index < -0.39 is 18.5 Å². The zero-order valence-electron chi connectivity index (χ0n) is 19.9. The summed E-state index contributed by atoms with van der Waals surface area (Å²) in [5, 5.41) is 5.45. The molecule has 0 aliphatic carbocycles. The van der Waals surface area contributed by atoms with Crippen LogP contribution in [-0.4, -0.2) is 45.2 Å². The van der Waals surface area contributed by atoms with Gasteiger partial charge >= 0.3 is 5.97 Å². The Morgan fingerprint density at radius 2 is 1.63 bits per heavy atom. The highest BCUT2D eigenvalue weighted by molar-refractivity contribution is 6.08. The van der Waals surface area contributed by atoms with Crippen molar-refractivity contribution in [2.45, 2.75) is 13.3 Å². The van der Waals surface area contributed by atoms with E-state index in [4.69, 9.17) is 14.2 Å². The van der Waals surface area contributed by atoms with Crippen LogP contribution >= 0.6 is 0 Å². The second-order valence-corrected chi connectivity index (χ2v) is 7.73. The van der Waals surface area contributed by atoms with Gasteiger partial charge in [0.15, 0.2) is 18.1 Å². The van der Waals surface area contributed by atoms with Gasteiger partial charge in [-0.05, 0) is 55.3 Å². The Labute approximate surface area is 204 Å². The van der Waals surface area contributed by atoms with E-state index >= 15 is 0 Å². The molecule has 8 nitrogen and oxygen atoms in total. The number of carbonyl (C=O) groups excluding carboxylic acids is 3. The maximum Gasteiger partial charge on any atom is 0.340 e. The van der Waals surface area contributed by atoms with Gasteiger partial charge in [-0.25, -0.2) is 4.79 Å². The third kappa shape index (κ3) is 7.07. The first-order chi connectivity index (χ1) is 16.9. The number of amides is 2. The van der Waals surface area contributed by atoms with E-state index in [-0.39, 0.29) is 11.5 Å². The number of methoxy groups -OCH3 is 2. The number of carbonyl (C=O) groups is 3. The number of anilines is 1. The Hall–Kier alpha value is -4.33. The lowest BCUT2D eigenvalue weighted by Gasteiger charge is -2.12. The van der Waals surface area contributed by atoms with Gasteiger partial charge in [-0.1, -0.05) is 35.9 Å². The molecule has 2 amide bonds. The smallest absolute Gasteiger partial charge is 0.340 e. The first-order valence-corrected chi connectivity index (χ1v) is 11.0. The zero-order chi connectivity index (χ0) is 25.2. The molecule has 3 rings (SSSR count). The Kier molecular flexibility index (Phi) is 8.83. The molecule has 2 N–H and O–H groups in total. The molecule has 0 unspecified atom stereocenters. The third-order valence-electron chi connectivity index (χ3n) is 5.19. The first-order valence-electron chi connectivity index (χ1n) is 11.0. The molecule has 0 aliphatic heterocycles. The molecule has 3 aromatic rings. The second kappa shape index (κ2) is 12.2. The fourth-order valence-electron chi connectivity index (χ4n) is 3.39. The van der Waals surface area contributed by atoms with Crippen molar-refractivity contribution in [2.75, 3.05) is 32.7 Å². The zero-order valence-corrected chi connectivity index (χ0v) is 19.9. The van der Waals surface area contributed by atoms with E-state index in [1.165, 1.54) is 6.07 Å². The maximum absolute atomic E-state index is 12.6. The third-order valence-corrected chi connectivity index (χ3v) is 5.19. The molecule has 0 aromatic heterocycles. The van der Waals surface area contributed by atoms with Crippen molar-refractivity contribution in [1.29, 1.82) is 0 Å². The predicted molar refractivity (Wildman–Crippen MR) is 132 cm³/mol. The average molecular weight is 477 g/mol. The number of esters is 1. The van der Waals surface area contributed by atoms with E-state index in [1.807, 2.05) is 25.1 Å². The Balaban J connectivity index is 1.51. The minimum Gasteiger partial charge on any atom is -0.493 e. The average Bonchev–Trinajstić information content (AvgIpc) is 2.87. The molecule has 0 bridgehead atoms. The topological polar surface area (TPSA) is 103 Å². The molecule has 182 valence electrons. The van der Waals surface area contributed by atoms with Gasteiger partial charge in [-0.2, -0.15) is 0 Å². The van der Waals surface area contributed by atoms with Crippen LogP contribution in [0.5, 0.6) is 11.5 Å².